The molecule has 0 bridgehead atoms. The van der Waals surface area contributed by atoms with Crippen LogP contribution in [0.4, 0.5) is 4.79 Å². The number of rotatable bonds is 4. The summed E-state index contributed by atoms with van der Waals surface area (Å²) in [5.41, 5.74) is -1.85. The Morgan fingerprint density at radius 2 is 1.82 bits per heavy atom. The van der Waals surface area contributed by atoms with Crippen LogP contribution in [0.2, 0.25) is 0 Å². The maximum Gasteiger partial charge on any atom is 0.408 e. The first-order chi connectivity index (χ1) is 7.62. The minimum Gasteiger partial charge on any atom is -0.480 e. The number of carboxylic acid groups (broad SMARTS) is 1. The Bertz CT molecular complexity index is 317. The van der Waals surface area contributed by atoms with Crippen LogP contribution in [0, 0.1) is 5.92 Å². The zero-order valence-corrected chi connectivity index (χ0v) is 10.9. The molecule has 0 aliphatic heterocycles. The number of alkyl carbamates (subject to hydrolysis) is 1. The van der Waals surface area contributed by atoms with Crippen LogP contribution in [0.5, 0.6) is 0 Å². The maximum atomic E-state index is 11.6. The van der Waals surface area contributed by atoms with Crippen molar-refractivity contribution in [1.82, 2.24) is 5.32 Å². The molecule has 0 heterocycles. The van der Waals surface area contributed by atoms with E-state index in [1.165, 1.54) is 6.92 Å². The van der Waals surface area contributed by atoms with E-state index < -0.39 is 23.2 Å². The van der Waals surface area contributed by atoms with Gasteiger partial charge in [-0.15, -0.1) is 0 Å². The molecule has 0 spiro atoms. The van der Waals surface area contributed by atoms with Crippen LogP contribution in [-0.4, -0.2) is 28.3 Å². The van der Waals surface area contributed by atoms with E-state index in [4.69, 9.17) is 4.74 Å². The molecule has 0 saturated heterocycles. The molecular weight excluding hydrogens is 222 g/mol. The number of carbonyl (C=O) groups excluding carboxylic acids is 1. The number of carbonyl (C=O) groups is 2. The summed E-state index contributed by atoms with van der Waals surface area (Å²) < 4.78 is 5.07. The average Bonchev–Trinajstić information content (AvgIpc) is 2.83. The smallest absolute Gasteiger partial charge is 0.408 e. The molecule has 0 aromatic carbocycles. The molecule has 2 N–H and O–H groups in total. The fourth-order valence-corrected chi connectivity index (χ4v) is 1.62. The van der Waals surface area contributed by atoms with Gasteiger partial charge in [-0.3, -0.25) is 0 Å². The fourth-order valence-electron chi connectivity index (χ4n) is 1.62. The van der Waals surface area contributed by atoms with Crippen LogP contribution < -0.4 is 5.32 Å². The van der Waals surface area contributed by atoms with Crippen molar-refractivity contribution >= 4 is 12.1 Å². The van der Waals surface area contributed by atoms with E-state index in [-0.39, 0.29) is 0 Å². The Labute approximate surface area is 102 Å². The van der Waals surface area contributed by atoms with Gasteiger partial charge in [0.1, 0.15) is 11.1 Å². The molecule has 1 aliphatic carbocycles. The molecule has 0 radical (unpaired) electrons. The third-order valence-corrected chi connectivity index (χ3v) is 2.64. The minimum atomic E-state index is -1.23. The second-order valence-electron chi connectivity index (χ2n) is 5.91. The molecule has 17 heavy (non-hydrogen) atoms. The summed E-state index contributed by atoms with van der Waals surface area (Å²) in [4.78, 5) is 22.8. The second-order valence-corrected chi connectivity index (χ2v) is 5.91. The molecule has 1 atom stereocenters. The number of carboxylic acids is 1. The Kier molecular flexibility index (Phi) is 3.69. The number of ether oxygens (including phenoxy) is 1. The van der Waals surface area contributed by atoms with E-state index in [0.29, 0.717) is 12.3 Å². The van der Waals surface area contributed by atoms with E-state index in [1.807, 2.05) is 0 Å². The van der Waals surface area contributed by atoms with Crippen LogP contribution in [0.3, 0.4) is 0 Å². The van der Waals surface area contributed by atoms with Gasteiger partial charge in [-0.2, -0.15) is 0 Å². The lowest BCUT2D eigenvalue weighted by atomic mass is 9.95. The SMILES string of the molecule is CC(C)(C)OC(=O)NC(C)(CC1CC1)C(=O)O. The topological polar surface area (TPSA) is 75.6 Å². The Morgan fingerprint density at radius 1 is 1.29 bits per heavy atom. The summed E-state index contributed by atoms with van der Waals surface area (Å²) in [6.45, 7) is 6.75. The lowest BCUT2D eigenvalue weighted by Gasteiger charge is -2.28. The summed E-state index contributed by atoms with van der Waals surface area (Å²) >= 11 is 0. The molecule has 0 aromatic heterocycles. The van der Waals surface area contributed by atoms with E-state index >= 15 is 0 Å². The van der Waals surface area contributed by atoms with Crippen molar-refractivity contribution in [3.05, 3.63) is 0 Å². The van der Waals surface area contributed by atoms with Crippen LogP contribution in [-0.2, 0) is 9.53 Å². The largest absolute Gasteiger partial charge is 0.480 e. The average molecular weight is 243 g/mol. The molecule has 1 aliphatic rings. The van der Waals surface area contributed by atoms with Crippen LogP contribution in [0.15, 0.2) is 0 Å². The van der Waals surface area contributed by atoms with Crippen LogP contribution >= 0.6 is 0 Å². The van der Waals surface area contributed by atoms with E-state index in [2.05, 4.69) is 5.32 Å². The monoisotopic (exact) mass is 243 g/mol. The van der Waals surface area contributed by atoms with Crippen LogP contribution in [0.1, 0.15) is 47.0 Å². The van der Waals surface area contributed by atoms with Gasteiger partial charge in [0.25, 0.3) is 0 Å². The predicted molar refractivity (Wildman–Crippen MR) is 62.8 cm³/mol. The van der Waals surface area contributed by atoms with Crippen LogP contribution in [0.25, 0.3) is 0 Å². The highest BCUT2D eigenvalue weighted by Crippen LogP contribution is 2.36. The Hall–Kier alpha value is -1.26. The summed E-state index contributed by atoms with van der Waals surface area (Å²) in [5, 5.41) is 11.6. The quantitative estimate of drug-likeness (QED) is 0.793. The molecule has 0 aromatic rings. The predicted octanol–water partition coefficient (Wildman–Crippen LogP) is 2.15. The molecule has 1 rings (SSSR count). The fraction of sp³-hybridized carbons (Fsp3) is 0.833. The van der Waals surface area contributed by atoms with Gasteiger partial charge in [-0.1, -0.05) is 12.8 Å². The van der Waals surface area contributed by atoms with Gasteiger partial charge < -0.3 is 15.2 Å². The highest BCUT2D eigenvalue weighted by atomic mass is 16.6. The number of hydrogen-bond acceptors (Lipinski definition) is 3. The summed E-state index contributed by atoms with van der Waals surface area (Å²) in [7, 11) is 0. The van der Waals surface area contributed by atoms with Crippen molar-refractivity contribution in [1.29, 1.82) is 0 Å². The van der Waals surface area contributed by atoms with E-state index in [1.54, 1.807) is 20.8 Å². The molecule has 1 unspecified atom stereocenters. The van der Waals surface area contributed by atoms with Gasteiger partial charge >= 0.3 is 12.1 Å². The summed E-state index contributed by atoms with van der Waals surface area (Å²) in [6, 6.07) is 0. The Balaban J connectivity index is 2.59. The highest BCUT2D eigenvalue weighted by molar-refractivity contribution is 5.84. The van der Waals surface area contributed by atoms with Gasteiger partial charge in [0.2, 0.25) is 0 Å². The van der Waals surface area contributed by atoms with Gasteiger partial charge in [0.05, 0.1) is 0 Å². The van der Waals surface area contributed by atoms with Gasteiger partial charge in [0.15, 0.2) is 0 Å². The van der Waals surface area contributed by atoms with E-state index in [9.17, 15) is 14.7 Å². The van der Waals surface area contributed by atoms with E-state index in [0.717, 1.165) is 12.8 Å². The molecule has 1 amide bonds. The molecule has 98 valence electrons. The molecule has 1 saturated carbocycles. The third kappa shape index (κ3) is 4.63. The zero-order valence-electron chi connectivity index (χ0n) is 10.9. The lowest BCUT2D eigenvalue weighted by molar-refractivity contribution is -0.144. The van der Waals surface area contributed by atoms with Crippen molar-refractivity contribution in [3.8, 4) is 0 Å². The summed E-state index contributed by atoms with van der Waals surface area (Å²) in [6.07, 6.45) is 1.86. The molecule has 5 heteroatoms. The lowest BCUT2D eigenvalue weighted by Crippen LogP contribution is -2.53. The first kappa shape index (κ1) is 13.8. The van der Waals surface area contributed by atoms with Gasteiger partial charge in [-0.05, 0) is 40.0 Å². The van der Waals surface area contributed by atoms with Crippen molar-refractivity contribution in [3.63, 3.8) is 0 Å². The standard InChI is InChI=1S/C12H21NO4/c1-11(2,3)17-10(16)13-12(4,9(14)15)7-8-5-6-8/h8H,5-7H2,1-4H3,(H,13,16)(H,14,15). The number of nitrogens with one attached hydrogen (secondary N) is 1. The van der Waals surface area contributed by atoms with Crippen molar-refractivity contribution in [2.45, 2.75) is 58.1 Å². The first-order valence-corrected chi connectivity index (χ1v) is 5.87. The molecule has 5 nitrogen and oxygen atoms in total. The number of hydrogen-bond donors (Lipinski definition) is 2. The number of amides is 1. The normalized spacial score (nSPS) is 19.3. The number of aliphatic carboxylic acids is 1. The minimum absolute atomic E-state index is 0.408. The molecule has 1 fully saturated rings. The summed E-state index contributed by atoms with van der Waals surface area (Å²) in [5.74, 6) is -0.610. The first-order valence-electron chi connectivity index (χ1n) is 5.87. The van der Waals surface area contributed by atoms with Crippen molar-refractivity contribution in [2.24, 2.45) is 5.92 Å². The van der Waals surface area contributed by atoms with Gasteiger partial charge in [-0.25, -0.2) is 9.59 Å². The van der Waals surface area contributed by atoms with Crippen molar-refractivity contribution < 1.29 is 19.4 Å². The Morgan fingerprint density at radius 3 is 2.18 bits per heavy atom. The zero-order chi connectivity index (χ0) is 13.3. The van der Waals surface area contributed by atoms with Gasteiger partial charge in [0, 0.05) is 0 Å². The highest BCUT2D eigenvalue weighted by Gasteiger charge is 2.41. The van der Waals surface area contributed by atoms with Crippen molar-refractivity contribution in [2.75, 3.05) is 0 Å². The maximum absolute atomic E-state index is 11.6. The molecular formula is C12H21NO4. The second kappa shape index (κ2) is 4.55. The third-order valence-electron chi connectivity index (χ3n) is 2.64.